The number of nitrogens with zero attached hydrogens (tertiary/aromatic N) is 3. The molecule has 1 radical (unpaired) electrons. The third-order valence-corrected chi connectivity index (χ3v) is 7.87. The van der Waals surface area contributed by atoms with Crippen molar-refractivity contribution >= 4 is 54.5 Å². The standard InChI is InChI=1S/C20H19AsClF3N5O2/c1-29-4-5-32-9-11(29)8-21-20-27-17-12(7-15(24)16(25)18(17)28-20)19(26)30(31)10-2-3-14(23)13(22)6-10/h2-3,6-7,11,26,31H,4-5,8-9H2,1H3,(H,27,28). The number of fused-ring (bicyclic) bond motifs is 1. The average Bonchev–Trinajstić information content (AvgIpc) is 3.21. The zero-order valence-electron chi connectivity index (χ0n) is 16.9. The molecule has 0 saturated carbocycles. The van der Waals surface area contributed by atoms with Crippen molar-refractivity contribution in [2.75, 3.05) is 31.9 Å². The fraction of sp³-hybridized carbons (Fsp3) is 0.300. The molecule has 12 heteroatoms. The van der Waals surface area contributed by atoms with Gasteiger partial charge in [0.2, 0.25) is 0 Å². The molecule has 2 aromatic carbocycles. The number of benzene rings is 2. The number of aromatic nitrogens is 2. The van der Waals surface area contributed by atoms with Crippen LogP contribution in [0.5, 0.6) is 0 Å². The van der Waals surface area contributed by atoms with Gasteiger partial charge in [0.1, 0.15) is 0 Å². The number of imidazole rings is 1. The Labute approximate surface area is 193 Å². The van der Waals surface area contributed by atoms with Crippen molar-refractivity contribution in [3.63, 3.8) is 0 Å². The van der Waals surface area contributed by atoms with Gasteiger partial charge < -0.3 is 0 Å². The van der Waals surface area contributed by atoms with Crippen molar-refractivity contribution in [2.24, 2.45) is 0 Å². The van der Waals surface area contributed by atoms with E-state index in [1.807, 2.05) is 7.05 Å². The van der Waals surface area contributed by atoms with Gasteiger partial charge in [0, 0.05) is 0 Å². The van der Waals surface area contributed by atoms with Crippen LogP contribution < -0.4 is 9.68 Å². The first-order valence-corrected chi connectivity index (χ1v) is 12.3. The van der Waals surface area contributed by atoms with Crippen LogP contribution in [0.3, 0.4) is 0 Å². The average molecular weight is 529 g/mol. The number of nitrogens with one attached hydrogen (secondary N) is 2. The fourth-order valence-corrected chi connectivity index (χ4v) is 5.88. The number of hydrogen-bond donors (Lipinski definition) is 3. The summed E-state index contributed by atoms with van der Waals surface area (Å²) in [5, 5.41) is 19.7. The molecule has 1 saturated heterocycles. The van der Waals surface area contributed by atoms with Crippen LogP contribution in [0, 0.1) is 22.9 Å². The Morgan fingerprint density at radius 2 is 2.16 bits per heavy atom. The summed E-state index contributed by atoms with van der Waals surface area (Å²) in [6.45, 7) is 2.11. The van der Waals surface area contributed by atoms with Gasteiger partial charge in [-0.15, -0.1) is 0 Å². The number of hydroxylamine groups is 1. The summed E-state index contributed by atoms with van der Waals surface area (Å²) in [5.41, 5.74) is -0.251. The van der Waals surface area contributed by atoms with E-state index in [4.69, 9.17) is 21.7 Å². The fourth-order valence-electron chi connectivity index (χ4n) is 3.33. The van der Waals surface area contributed by atoms with Crippen molar-refractivity contribution in [3.8, 4) is 0 Å². The van der Waals surface area contributed by atoms with Crippen molar-refractivity contribution < 1.29 is 23.1 Å². The zero-order chi connectivity index (χ0) is 23.0. The third-order valence-electron chi connectivity index (χ3n) is 5.24. The van der Waals surface area contributed by atoms with Gasteiger partial charge >= 0.3 is 193 Å². The molecule has 1 atom stereocenters. The summed E-state index contributed by atoms with van der Waals surface area (Å²) >= 11 is 5.23. The number of anilines is 1. The van der Waals surface area contributed by atoms with Crippen LogP contribution in [0.1, 0.15) is 5.56 Å². The molecule has 32 heavy (non-hydrogen) atoms. The monoisotopic (exact) mass is 528 g/mol. The molecule has 1 aromatic heterocycles. The summed E-state index contributed by atoms with van der Waals surface area (Å²) < 4.78 is 48.2. The first-order chi connectivity index (χ1) is 15.3. The Bertz CT molecular complexity index is 1180. The van der Waals surface area contributed by atoms with Gasteiger partial charge in [0.15, 0.2) is 0 Å². The normalized spacial score (nSPS) is 17.5. The van der Waals surface area contributed by atoms with Crippen LogP contribution in [0.15, 0.2) is 24.3 Å². The number of ether oxygens (including phenoxy) is 1. The number of hydrogen-bond acceptors (Lipinski definition) is 5. The van der Waals surface area contributed by atoms with E-state index >= 15 is 0 Å². The van der Waals surface area contributed by atoms with Crippen LogP contribution >= 0.6 is 11.6 Å². The molecule has 2 heterocycles. The van der Waals surface area contributed by atoms with Gasteiger partial charge in [0.25, 0.3) is 0 Å². The molecule has 1 unspecified atom stereocenters. The van der Waals surface area contributed by atoms with Gasteiger partial charge in [-0.1, -0.05) is 0 Å². The summed E-state index contributed by atoms with van der Waals surface area (Å²) in [4.78, 5) is 9.42. The summed E-state index contributed by atoms with van der Waals surface area (Å²) in [6, 6.07) is 4.38. The SMILES string of the molecule is CN1CCOCC1C[As]c1nc2c(F)c(F)cc(C(=N)N(O)c3ccc(F)c(Cl)c3)c2[nH]1. The van der Waals surface area contributed by atoms with Crippen LogP contribution in [0.4, 0.5) is 18.9 Å². The Kier molecular flexibility index (Phi) is 6.78. The van der Waals surface area contributed by atoms with Gasteiger partial charge in [-0.3, -0.25) is 0 Å². The van der Waals surface area contributed by atoms with E-state index in [-0.39, 0.29) is 33.3 Å². The molecule has 3 N–H and O–H groups in total. The second-order valence-corrected chi connectivity index (χ2v) is 10.0. The molecular weight excluding hydrogens is 510 g/mol. The molecule has 4 rings (SSSR count). The molecule has 1 fully saturated rings. The Morgan fingerprint density at radius 1 is 1.38 bits per heavy atom. The van der Waals surface area contributed by atoms with Crippen molar-refractivity contribution in [1.82, 2.24) is 14.9 Å². The number of halogens is 4. The molecule has 1 aliphatic heterocycles. The zero-order valence-corrected chi connectivity index (χ0v) is 19.5. The van der Waals surface area contributed by atoms with E-state index in [9.17, 15) is 18.4 Å². The quantitative estimate of drug-likeness (QED) is 0.205. The van der Waals surface area contributed by atoms with Gasteiger partial charge in [-0.25, -0.2) is 0 Å². The first-order valence-electron chi connectivity index (χ1n) is 9.62. The van der Waals surface area contributed by atoms with Crippen LogP contribution in [-0.4, -0.2) is 74.5 Å². The van der Waals surface area contributed by atoms with Crippen molar-refractivity contribution in [3.05, 3.63) is 52.3 Å². The minimum atomic E-state index is -1.20. The van der Waals surface area contributed by atoms with Crippen molar-refractivity contribution in [1.29, 1.82) is 5.41 Å². The molecule has 169 valence electrons. The van der Waals surface area contributed by atoms with E-state index in [0.717, 1.165) is 30.0 Å². The van der Waals surface area contributed by atoms with Gasteiger partial charge in [-0.2, -0.15) is 0 Å². The topological polar surface area (TPSA) is 88.5 Å². The van der Waals surface area contributed by atoms with Crippen molar-refractivity contribution in [2.45, 2.75) is 11.3 Å². The summed E-state index contributed by atoms with van der Waals surface area (Å²) in [5.74, 6) is -3.57. The first kappa shape index (κ1) is 23.1. The number of amidine groups is 1. The van der Waals surface area contributed by atoms with E-state index in [1.165, 1.54) is 6.07 Å². The van der Waals surface area contributed by atoms with E-state index < -0.39 is 39.0 Å². The molecule has 0 spiro atoms. The summed E-state index contributed by atoms with van der Waals surface area (Å²) in [7, 11) is 2.01. The molecule has 0 amide bonds. The number of likely N-dealkylation sites (N-methyl/N-ethyl adjacent to an activating group) is 1. The molecule has 1 aliphatic rings. The number of rotatable bonds is 5. The Balaban J connectivity index is 1.64. The number of morpholine rings is 1. The van der Waals surface area contributed by atoms with E-state index in [1.54, 1.807) is 0 Å². The molecule has 0 aliphatic carbocycles. The second-order valence-electron chi connectivity index (χ2n) is 7.31. The number of H-pyrrole nitrogens is 1. The molecule has 0 bridgehead atoms. The maximum absolute atomic E-state index is 14.5. The molecule has 7 nitrogen and oxygen atoms in total. The predicted octanol–water partition coefficient (Wildman–Crippen LogP) is 2.93. The van der Waals surface area contributed by atoms with Crippen LogP contribution in [0.25, 0.3) is 11.0 Å². The second kappa shape index (κ2) is 9.41. The summed E-state index contributed by atoms with van der Waals surface area (Å²) in [6.07, 6.45) is 0. The van der Waals surface area contributed by atoms with Gasteiger partial charge in [0.05, 0.1) is 0 Å². The Hall–Kier alpha value is -2.10. The third kappa shape index (κ3) is 4.51. The predicted molar refractivity (Wildman–Crippen MR) is 116 cm³/mol. The number of aromatic amines is 1. The molecule has 3 aromatic rings. The minimum absolute atomic E-state index is 0.00862. The van der Waals surface area contributed by atoms with E-state index in [2.05, 4.69) is 14.9 Å². The maximum atomic E-state index is 14.5. The Morgan fingerprint density at radius 3 is 2.88 bits per heavy atom. The van der Waals surface area contributed by atoms with Crippen LogP contribution in [0.2, 0.25) is 10.2 Å². The molecular formula is C20H19AsClF3N5O2. The van der Waals surface area contributed by atoms with E-state index in [0.29, 0.717) is 22.9 Å². The van der Waals surface area contributed by atoms with Crippen LogP contribution in [-0.2, 0) is 4.74 Å². The van der Waals surface area contributed by atoms with Gasteiger partial charge in [-0.05, 0) is 0 Å².